The number of hydrogen-bond donors (Lipinski definition) is 1. The van der Waals surface area contributed by atoms with Gasteiger partial charge in [-0.05, 0) is 25.1 Å². The highest BCUT2D eigenvalue weighted by Crippen LogP contribution is 2.20. The van der Waals surface area contributed by atoms with Crippen LogP contribution in [0.4, 0.5) is 4.39 Å². The van der Waals surface area contributed by atoms with Gasteiger partial charge in [0.25, 0.3) is 0 Å². The minimum Gasteiger partial charge on any atom is -0.493 e. The summed E-state index contributed by atoms with van der Waals surface area (Å²) in [6.07, 6.45) is 0.763. The van der Waals surface area contributed by atoms with Crippen LogP contribution in [0.25, 0.3) is 0 Å². The van der Waals surface area contributed by atoms with Crippen LogP contribution < -0.4 is 4.74 Å². The molecule has 0 aliphatic carbocycles. The molecule has 18 heavy (non-hydrogen) atoms. The van der Waals surface area contributed by atoms with Crippen LogP contribution in [0.2, 0.25) is 0 Å². The highest BCUT2D eigenvalue weighted by Gasteiger charge is 2.06. The summed E-state index contributed by atoms with van der Waals surface area (Å²) < 4.78 is 18.5. The first-order valence-corrected chi connectivity index (χ1v) is 6.49. The molecule has 1 heterocycles. The average Bonchev–Trinajstić information content (AvgIpc) is 2.77. The molecule has 0 fully saturated rings. The number of aliphatic hydroxyl groups is 1. The molecule has 0 spiro atoms. The Morgan fingerprint density at radius 3 is 2.94 bits per heavy atom. The number of ether oxygens (including phenoxy) is 1. The van der Waals surface area contributed by atoms with E-state index in [1.54, 1.807) is 17.4 Å². The van der Waals surface area contributed by atoms with Crippen LogP contribution >= 0.6 is 11.3 Å². The number of aromatic nitrogens is 1. The zero-order valence-corrected chi connectivity index (χ0v) is 10.8. The number of aliphatic hydroxyl groups excluding tert-OH is 1. The Kier molecular flexibility index (Phi) is 4.28. The van der Waals surface area contributed by atoms with E-state index in [9.17, 15) is 4.39 Å². The fourth-order valence-corrected chi connectivity index (χ4v) is 2.39. The van der Waals surface area contributed by atoms with Crippen molar-refractivity contribution in [1.82, 2.24) is 4.98 Å². The minimum atomic E-state index is -0.371. The van der Waals surface area contributed by atoms with Gasteiger partial charge in [0.2, 0.25) is 0 Å². The van der Waals surface area contributed by atoms with E-state index >= 15 is 0 Å². The first-order valence-electron chi connectivity index (χ1n) is 5.61. The number of thiazole rings is 1. The monoisotopic (exact) mass is 267 g/mol. The molecule has 0 bridgehead atoms. The SMILES string of the molecule is Cc1ncsc1CCOc1ccc(F)cc1CO. The Labute approximate surface area is 109 Å². The first-order chi connectivity index (χ1) is 8.70. The lowest BCUT2D eigenvalue weighted by Gasteiger charge is -2.09. The van der Waals surface area contributed by atoms with Gasteiger partial charge < -0.3 is 9.84 Å². The molecule has 96 valence electrons. The normalized spacial score (nSPS) is 10.6. The topological polar surface area (TPSA) is 42.4 Å². The Hall–Kier alpha value is -1.46. The van der Waals surface area contributed by atoms with Crippen molar-refractivity contribution in [1.29, 1.82) is 0 Å². The van der Waals surface area contributed by atoms with E-state index in [1.165, 1.54) is 17.0 Å². The molecule has 2 aromatic rings. The second kappa shape index (κ2) is 5.93. The van der Waals surface area contributed by atoms with Gasteiger partial charge in [-0.3, -0.25) is 0 Å². The van der Waals surface area contributed by atoms with Gasteiger partial charge in [-0.15, -0.1) is 11.3 Å². The standard InChI is InChI=1S/C13H14FNO2S/c1-9-13(18-8-15-9)4-5-17-12-3-2-11(14)6-10(12)7-16/h2-3,6,8,16H,4-5,7H2,1H3. The minimum absolute atomic E-state index is 0.229. The summed E-state index contributed by atoms with van der Waals surface area (Å²) in [4.78, 5) is 5.34. The van der Waals surface area contributed by atoms with E-state index in [0.717, 1.165) is 12.1 Å². The van der Waals surface area contributed by atoms with Gasteiger partial charge in [-0.2, -0.15) is 0 Å². The van der Waals surface area contributed by atoms with Crippen LogP contribution in [0, 0.1) is 12.7 Å². The molecule has 1 aromatic carbocycles. The number of hydrogen-bond acceptors (Lipinski definition) is 4. The molecular formula is C13H14FNO2S. The van der Waals surface area contributed by atoms with Crippen molar-refractivity contribution < 1.29 is 14.2 Å². The maximum Gasteiger partial charge on any atom is 0.125 e. The molecule has 0 unspecified atom stereocenters. The Morgan fingerprint density at radius 1 is 1.44 bits per heavy atom. The van der Waals surface area contributed by atoms with Gasteiger partial charge in [0.15, 0.2) is 0 Å². The van der Waals surface area contributed by atoms with Gasteiger partial charge in [0, 0.05) is 16.9 Å². The average molecular weight is 267 g/mol. The molecule has 0 aliphatic rings. The van der Waals surface area contributed by atoms with E-state index in [2.05, 4.69) is 4.98 Å². The Balaban J connectivity index is 1.96. The second-order valence-electron chi connectivity index (χ2n) is 3.87. The van der Waals surface area contributed by atoms with Crippen molar-refractivity contribution in [3.63, 3.8) is 0 Å². The van der Waals surface area contributed by atoms with E-state index < -0.39 is 0 Å². The third-order valence-electron chi connectivity index (χ3n) is 2.62. The highest BCUT2D eigenvalue weighted by atomic mass is 32.1. The van der Waals surface area contributed by atoms with Crippen LogP contribution in [0.3, 0.4) is 0 Å². The molecule has 1 aromatic heterocycles. The van der Waals surface area contributed by atoms with Crippen molar-refractivity contribution in [2.45, 2.75) is 20.0 Å². The molecule has 1 N–H and O–H groups in total. The molecule has 0 amide bonds. The van der Waals surface area contributed by atoms with E-state index in [4.69, 9.17) is 9.84 Å². The fraction of sp³-hybridized carbons (Fsp3) is 0.308. The summed E-state index contributed by atoms with van der Waals surface area (Å²) >= 11 is 1.60. The summed E-state index contributed by atoms with van der Waals surface area (Å²) in [5, 5.41) is 9.12. The molecule has 0 radical (unpaired) electrons. The van der Waals surface area contributed by atoms with Gasteiger partial charge >= 0.3 is 0 Å². The zero-order valence-electron chi connectivity index (χ0n) is 10.0. The zero-order chi connectivity index (χ0) is 13.0. The van der Waals surface area contributed by atoms with Crippen molar-refractivity contribution in [3.05, 3.63) is 45.7 Å². The van der Waals surface area contributed by atoms with Crippen molar-refractivity contribution in [2.75, 3.05) is 6.61 Å². The van der Waals surface area contributed by atoms with E-state index in [-0.39, 0.29) is 12.4 Å². The molecule has 3 nitrogen and oxygen atoms in total. The summed E-state index contributed by atoms with van der Waals surface area (Å²) in [5.74, 6) is 0.158. The lowest BCUT2D eigenvalue weighted by atomic mass is 10.2. The van der Waals surface area contributed by atoms with Gasteiger partial charge in [0.05, 0.1) is 24.4 Å². The number of nitrogens with zero attached hydrogens (tertiary/aromatic N) is 1. The molecule has 2 rings (SSSR count). The quantitative estimate of drug-likeness (QED) is 0.905. The molecule has 0 saturated carbocycles. The second-order valence-corrected chi connectivity index (χ2v) is 4.81. The summed E-state index contributed by atoms with van der Waals surface area (Å²) in [6.45, 7) is 2.22. The molecule has 0 aliphatic heterocycles. The summed E-state index contributed by atoms with van der Waals surface area (Å²) in [7, 11) is 0. The van der Waals surface area contributed by atoms with Gasteiger partial charge in [-0.1, -0.05) is 0 Å². The predicted octanol–water partition coefficient (Wildman–Crippen LogP) is 2.70. The number of halogens is 1. The molecule has 5 heteroatoms. The Bertz CT molecular complexity index is 527. The van der Waals surface area contributed by atoms with Crippen molar-refractivity contribution >= 4 is 11.3 Å². The largest absolute Gasteiger partial charge is 0.493 e. The smallest absolute Gasteiger partial charge is 0.125 e. The van der Waals surface area contributed by atoms with Crippen LogP contribution in [-0.2, 0) is 13.0 Å². The predicted molar refractivity (Wildman–Crippen MR) is 68.4 cm³/mol. The van der Waals surface area contributed by atoms with Crippen LogP contribution in [-0.4, -0.2) is 16.7 Å². The first kappa shape index (κ1) is 13.0. The van der Waals surface area contributed by atoms with Gasteiger partial charge in [0.1, 0.15) is 11.6 Å². The lowest BCUT2D eigenvalue weighted by Crippen LogP contribution is -2.03. The van der Waals surface area contributed by atoms with Crippen molar-refractivity contribution in [2.24, 2.45) is 0 Å². The van der Waals surface area contributed by atoms with E-state index in [1.807, 2.05) is 12.4 Å². The van der Waals surface area contributed by atoms with E-state index in [0.29, 0.717) is 17.9 Å². The van der Waals surface area contributed by atoms with Crippen LogP contribution in [0.5, 0.6) is 5.75 Å². The van der Waals surface area contributed by atoms with Gasteiger partial charge in [-0.25, -0.2) is 9.37 Å². The maximum atomic E-state index is 13.0. The lowest BCUT2D eigenvalue weighted by molar-refractivity contribution is 0.263. The molecular weight excluding hydrogens is 253 g/mol. The maximum absolute atomic E-state index is 13.0. The fourth-order valence-electron chi connectivity index (χ4n) is 1.63. The molecule has 0 atom stereocenters. The summed E-state index contributed by atoms with van der Waals surface area (Å²) in [5.41, 5.74) is 3.29. The number of aryl methyl sites for hydroxylation is 1. The van der Waals surface area contributed by atoms with Crippen molar-refractivity contribution in [3.8, 4) is 5.75 Å². The van der Waals surface area contributed by atoms with Crippen LogP contribution in [0.15, 0.2) is 23.7 Å². The summed E-state index contributed by atoms with van der Waals surface area (Å²) in [6, 6.07) is 4.15. The number of benzene rings is 1. The Morgan fingerprint density at radius 2 is 2.28 bits per heavy atom. The highest BCUT2D eigenvalue weighted by molar-refractivity contribution is 7.09. The number of rotatable bonds is 5. The third-order valence-corrected chi connectivity index (χ3v) is 3.62. The third kappa shape index (κ3) is 3.05. The molecule has 0 saturated heterocycles. The van der Waals surface area contributed by atoms with Crippen LogP contribution in [0.1, 0.15) is 16.1 Å².